The van der Waals surface area contributed by atoms with Gasteiger partial charge < -0.3 is 0 Å². The molecule has 6 heteroatoms. The van der Waals surface area contributed by atoms with Crippen molar-refractivity contribution in [2.24, 2.45) is 10.8 Å². The molecule has 4 aromatic rings. The zero-order chi connectivity index (χ0) is 45.6. The largest absolute Gasteiger partial charge is 0.147 e. The Labute approximate surface area is 420 Å². The molecule has 0 radical (unpaired) electrons. The van der Waals surface area contributed by atoms with E-state index in [9.17, 15) is 0 Å². The van der Waals surface area contributed by atoms with E-state index in [-0.39, 0.29) is 24.8 Å². The Hall–Kier alpha value is -1.53. The molecule has 4 aromatic carbocycles. The quantitative estimate of drug-likeness (QED) is 0.139. The molecule has 0 amide bonds. The molecule has 2 atom stereocenters. The molecule has 2 fully saturated rings. The number of rotatable bonds is 10. The van der Waals surface area contributed by atoms with Crippen LogP contribution in [0.1, 0.15) is 159 Å². The molecule has 0 bridgehead atoms. The molecular formula is C60H88Cl2Si3Zr. The third-order valence-electron chi connectivity index (χ3n) is 17.2. The van der Waals surface area contributed by atoms with Crippen LogP contribution in [-0.4, -0.2) is 23.0 Å². The summed E-state index contributed by atoms with van der Waals surface area (Å²) in [6.07, 6.45) is 30.5. The number of halogens is 2. The van der Waals surface area contributed by atoms with Crippen molar-refractivity contribution in [3.63, 3.8) is 0 Å². The Morgan fingerprint density at radius 3 is 1.08 bits per heavy atom. The van der Waals surface area contributed by atoms with Crippen LogP contribution in [0.15, 0.2) is 96.1 Å². The first-order chi connectivity index (χ1) is 30.2. The minimum atomic E-state index is -4.02. The van der Waals surface area contributed by atoms with Gasteiger partial charge in [-0.3, -0.25) is 0 Å². The Morgan fingerprint density at radius 2 is 0.773 bits per heavy atom. The van der Waals surface area contributed by atoms with Gasteiger partial charge in [-0.1, -0.05) is 0 Å². The molecule has 0 spiro atoms. The van der Waals surface area contributed by atoms with E-state index in [1.54, 1.807) is 43.8 Å². The number of hydrogen-bond acceptors (Lipinski definition) is 0. The topological polar surface area (TPSA) is 0 Å². The molecule has 0 saturated heterocycles. The first kappa shape index (κ1) is 53.8. The van der Waals surface area contributed by atoms with Crippen LogP contribution >= 0.6 is 24.8 Å². The number of hydrogen-bond donors (Lipinski definition) is 0. The van der Waals surface area contributed by atoms with E-state index in [4.69, 9.17) is 0 Å². The van der Waals surface area contributed by atoms with Gasteiger partial charge in [-0.2, -0.15) is 0 Å². The first-order valence-electron chi connectivity index (χ1n) is 26.2. The Morgan fingerprint density at radius 1 is 0.470 bits per heavy atom. The van der Waals surface area contributed by atoms with Crippen LogP contribution in [0.5, 0.6) is 0 Å². The van der Waals surface area contributed by atoms with Gasteiger partial charge in [-0.05, 0) is 0 Å². The third kappa shape index (κ3) is 11.6. The minimum Gasteiger partial charge on any atom is -0.147 e. The maximum Gasteiger partial charge on any atom is -0.147 e. The minimum absolute atomic E-state index is 0. The van der Waals surface area contributed by atoms with Gasteiger partial charge in [-0.25, -0.2) is 0 Å². The van der Waals surface area contributed by atoms with Gasteiger partial charge in [0.25, 0.3) is 0 Å². The van der Waals surface area contributed by atoms with Crippen molar-refractivity contribution in [2.75, 3.05) is 0 Å². The summed E-state index contributed by atoms with van der Waals surface area (Å²) in [6.45, 7) is 22.9. The summed E-state index contributed by atoms with van der Waals surface area (Å²) in [5, 5.41) is 3.10. The average Bonchev–Trinajstić information content (AvgIpc) is 3.85. The molecule has 0 nitrogen and oxygen atoms in total. The molecule has 0 aromatic heterocycles. The van der Waals surface area contributed by atoms with E-state index in [1.165, 1.54) is 138 Å². The van der Waals surface area contributed by atoms with E-state index in [0.29, 0.717) is 18.1 Å². The predicted molar refractivity (Wildman–Crippen MR) is 305 cm³/mol. The standard InChI is InChI=1S/2C29H39Si.2CH3.2ClH.H2Si.Zr/c2*1-29(18-9-7-5-6-8-10-19-29)22-23-20-25-12-11-13-27(28(25)21-23)24-14-16-26(17-15-24)30(2,3)4;;;;;;/h2*11-17,20-21H,5-10,18-19,22H2,1-4H3;2*1H3;2*1H;1H2;. The van der Waals surface area contributed by atoms with Crippen LogP contribution in [-0.2, 0) is 17.4 Å². The van der Waals surface area contributed by atoms with E-state index in [1.807, 2.05) is 0 Å². The van der Waals surface area contributed by atoms with E-state index in [0.717, 1.165) is 0 Å². The second-order valence-electron chi connectivity index (χ2n) is 25.7. The predicted octanol–water partition coefficient (Wildman–Crippen LogP) is 17.9. The van der Waals surface area contributed by atoms with Crippen molar-refractivity contribution in [1.29, 1.82) is 0 Å². The number of benzene rings is 4. The van der Waals surface area contributed by atoms with Gasteiger partial charge in [-0.15, -0.1) is 24.8 Å². The van der Waals surface area contributed by atoms with Gasteiger partial charge >= 0.3 is 400 Å². The van der Waals surface area contributed by atoms with Crippen molar-refractivity contribution < 1.29 is 17.4 Å². The number of fused-ring (bicyclic) bond motifs is 2. The monoisotopic (exact) mass is 1050 g/mol. The third-order valence-corrected chi connectivity index (χ3v) is 38.8. The second kappa shape index (κ2) is 21.1. The molecule has 8 rings (SSSR count). The van der Waals surface area contributed by atoms with Gasteiger partial charge in [0.15, 0.2) is 0 Å². The molecular weight excluding hydrogens is 967 g/mol. The summed E-state index contributed by atoms with van der Waals surface area (Å²) in [5.74, 6) is 0. The average molecular weight is 1060 g/mol. The van der Waals surface area contributed by atoms with E-state index < -0.39 is 33.5 Å². The fraction of sp³-hybridized carbons (Fsp3) is 0.533. The molecule has 0 heterocycles. The van der Waals surface area contributed by atoms with Crippen molar-refractivity contribution in [3.8, 4) is 22.3 Å². The zero-order valence-electron chi connectivity index (χ0n) is 43.1. The molecule has 0 aliphatic heterocycles. The van der Waals surface area contributed by atoms with Gasteiger partial charge in [0.1, 0.15) is 0 Å². The van der Waals surface area contributed by atoms with Crippen LogP contribution in [0.25, 0.3) is 34.4 Å². The molecule has 0 N–H and O–H groups in total. The first-order valence-corrected chi connectivity index (χ1v) is 46.9. The van der Waals surface area contributed by atoms with Crippen LogP contribution in [0, 0.1) is 10.8 Å². The fourth-order valence-electron chi connectivity index (χ4n) is 13.7. The van der Waals surface area contributed by atoms with Crippen molar-refractivity contribution >= 4 is 70.4 Å². The maximum atomic E-state index is 2.95. The summed E-state index contributed by atoms with van der Waals surface area (Å²) in [6, 6.07) is 34.7. The van der Waals surface area contributed by atoms with Crippen LogP contribution in [0.4, 0.5) is 0 Å². The summed E-state index contributed by atoms with van der Waals surface area (Å²) >= 11 is -4.02. The zero-order valence-corrected chi connectivity index (χ0v) is 50.6. The smallest absolute Gasteiger partial charge is 0.147 e. The summed E-state index contributed by atoms with van der Waals surface area (Å²) in [5.41, 5.74) is 16.4. The van der Waals surface area contributed by atoms with Crippen molar-refractivity contribution in [3.05, 3.63) is 118 Å². The van der Waals surface area contributed by atoms with E-state index in [2.05, 4.69) is 166 Å². The normalized spacial score (nSPS) is 21.4. The van der Waals surface area contributed by atoms with Gasteiger partial charge in [0.2, 0.25) is 0 Å². The Balaban J connectivity index is 0.00000360. The molecule has 2 saturated carbocycles. The number of allylic oxidation sites excluding steroid dienone is 2. The molecule has 2 unspecified atom stereocenters. The molecule has 358 valence electrons. The SMILES string of the molecule is CC1(CC2=Cc3c(-c4ccc([Si](C)(C)C)cc4)cccc3[CH]2[Zr]([CH3])([CH3])(=[SiH2])[CH]2C(CC3(C)CCCCCCCC3)=Cc3c(-c4ccc([Si](C)(C)C)cc4)cccc32)CCCCCCCC1.Cl.Cl. The van der Waals surface area contributed by atoms with E-state index >= 15 is 0 Å². The molecule has 66 heavy (non-hydrogen) atoms. The van der Waals surface area contributed by atoms with Crippen LogP contribution in [0.2, 0.25) is 48.5 Å². The maximum absolute atomic E-state index is 4.02. The summed E-state index contributed by atoms with van der Waals surface area (Å²) < 4.78 is 6.94. The Bertz CT molecular complexity index is 2250. The van der Waals surface area contributed by atoms with Crippen LogP contribution in [0.3, 0.4) is 0 Å². The van der Waals surface area contributed by atoms with Crippen molar-refractivity contribution in [1.82, 2.24) is 0 Å². The second-order valence-corrected chi connectivity index (χ2v) is 66.4. The Kier molecular flexibility index (Phi) is 17.2. The fourth-order valence-corrected chi connectivity index (χ4v) is 35.7. The van der Waals surface area contributed by atoms with Crippen LogP contribution < -0.4 is 10.4 Å². The van der Waals surface area contributed by atoms with Crippen molar-refractivity contribution in [2.45, 2.75) is 185 Å². The summed E-state index contributed by atoms with van der Waals surface area (Å²) in [4.78, 5) is 0. The molecule has 4 aliphatic rings. The van der Waals surface area contributed by atoms with Gasteiger partial charge in [0, 0.05) is 0 Å². The summed E-state index contributed by atoms with van der Waals surface area (Å²) in [7, 11) is -2.80. The molecule has 4 aliphatic carbocycles. The van der Waals surface area contributed by atoms with Gasteiger partial charge in [0.05, 0.1) is 0 Å².